The molecule has 0 aromatic heterocycles. The third kappa shape index (κ3) is 2.57. The molecule has 2 radical (unpaired) electrons. The molecule has 9 heavy (non-hydrogen) atoms. The molecule has 0 aromatic carbocycles. The lowest BCUT2D eigenvalue weighted by Gasteiger charge is -2.19. The normalized spacial score (nSPS) is 22.3. The van der Waals surface area contributed by atoms with E-state index in [1.54, 1.807) is 0 Å². The first-order valence-electron chi connectivity index (χ1n) is 3.64. The van der Waals surface area contributed by atoms with Crippen molar-refractivity contribution < 1.29 is 0 Å². The first kappa shape index (κ1) is 7.40. The Bertz CT molecular complexity index is 62.2. The standard InChI is InChI=1S/C8H13Cl/c9-7-6-8-4-2-1-3-5-8/h2,5,8H,1,3-4,6-7H2. The van der Waals surface area contributed by atoms with Gasteiger partial charge in [0, 0.05) is 5.88 Å². The smallest absolute Gasteiger partial charge is 0.0226 e. The number of alkyl halides is 1. The van der Waals surface area contributed by atoms with Gasteiger partial charge in [0.15, 0.2) is 0 Å². The van der Waals surface area contributed by atoms with Crippen LogP contribution in [0.15, 0.2) is 0 Å². The minimum atomic E-state index is 0.788. The summed E-state index contributed by atoms with van der Waals surface area (Å²) >= 11 is 5.60. The van der Waals surface area contributed by atoms with Gasteiger partial charge in [-0.15, -0.1) is 11.6 Å². The average molecular weight is 145 g/mol. The number of hydrogen-bond acceptors (Lipinski definition) is 0. The molecule has 0 bridgehead atoms. The Hall–Kier alpha value is 0.290. The summed E-state index contributed by atoms with van der Waals surface area (Å²) in [5.74, 6) is 1.60. The molecule has 0 saturated heterocycles. The van der Waals surface area contributed by atoms with E-state index in [4.69, 9.17) is 11.6 Å². The van der Waals surface area contributed by atoms with Crippen LogP contribution in [0.3, 0.4) is 0 Å². The van der Waals surface area contributed by atoms with Gasteiger partial charge in [0.05, 0.1) is 0 Å². The highest BCUT2D eigenvalue weighted by molar-refractivity contribution is 6.17. The highest BCUT2D eigenvalue weighted by atomic mass is 35.5. The van der Waals surface area contributed by atoms with Crippen LogP contribution in [0.1, 0.15) is 25.7 Å². The van der Waals surface area contributed by atoms with Crippen molar-refractivity contribution in [1.29, 1.82) is 0 Å². The van der Waals surface area contributed by atoms with Gasteiger partial charge in [0.25, 0.3) is 0 Å². The molecule has 1 fully saturated rings. The summed E-state index contributed by atoms with van der Waals surface area (Å²) in [4.78, 5) is 0. The van der Waals surface area contributed by atoms with Crippen molar-refractivity contribution in [2.24, 2.45) is 5.92 Å². The van der Waals surface area contributed by atoms with Crippen LogP contribution in [0.5, 0.6) is 0 Å². The van der Waals surface area contributed by atoms with Crippen LogP contribution >= 0.6 is 11.6 Å². The van der Waals surface area contributed by atoms with Crippen molar-refractivity contribution >= 4 is 11.6 Å². The molecule has 1 rings (SSSR count). The van der Waals surface area contributed by atoms with Gasteiger partial charge in [-0.1, -0.05) is 0 Å². The van der Waals surface area contributed by atoms with Gasteiger partial charge in [-0.3, -0.25) is 0 Å². The second-order valence-electron chi connectivity index (χ2n) is 2.58. The summed E-state index contributed by atoms with van der Waals surface area (Å²) in [5.41, 5.74) is 0. The van der Waals surface area contributed by atoms with Crippen LogP contribution in [0.25, 0.3) is 0 Å². The summed E-state index contributed by atoms with van der Waals surface area (Å²) in [6.07, 6.45) is 9.74. The molecular weight excluding hydrogens is 132 g/mol. The molecule has 0 spiro atoms. The first-order chi connectivity index (χ1) is 4.43. The zero-order valence-electron chi connectivity index (χ0n) is 5.65. The Morgan fingerprint density at radius 2 is 2.33 bits per heavy atom. The Morgan fingerprint density at radius 1 is 1.44 bits per heavy atom. The highest BCUT2D eigenvalue weighted by Crippen LogP contribution is 2.24. The van der Waals surface area contributed by atoms with E-state index in [0.29, 0.717) is 0 Å². The predicted molar refractivity (Wildman–Crippen MR) is 41.3 cm³/mol. The molecule has 1 heteroatoms. The highest BCUT2D eigenvalue weighted by Gasteiger charge is 2.11. The number of rotatable bonds is 2. The molecule has 1 saturated carbocycles. The quantitative estimate of drug-likeness (QED) is 0.523. The molecule has 52 valence electrons. The van der Waals surface area contributed by atoms with E-state index in [1.807, 2.05) is 0 Å². The second kappa shape index (κ2) is 4.16. The van der Waals surface area contributed by atoms with Gasteiger partial charge >= 0.3 is 0 Å². The molecule has 1 unspecified atom stereocenters. The van der Waals surface area contributed by atoms with Crippen molar-refractivity contribution in [2.45, 2.75) is 25.7 Å². The van der Waals surface area contributed by atoms with E-state index in [2.05, 4.69) is 12.8 Å². The Balaban J connectivity index is 2.08. The number of halogens is 1. The monoisotopic (exact) mass is 144 g/mol. The fourth-order valence-electron chi connectivity index (χ4n) is 1.25. The lowest BCUT2D eigenvalue weighted by atomic mass is 9.88. The fraction of sp³-hybridized carbons (Fsp3) is 0.750. The van der Waals surface area contributed by atoms with Gasteiger partial charge in [0.1, 0.15) is 0 Å². The van der Waals surface area contributed by atoms with Gasteiger partial charge in [-0.25, -0.2) is 0 Å². The van der Waals surface area contributed by atoms with Crippen molar-refractivity contribution in [3.8, 4) is 0 Å². The van der Waals surface area contributed by atoms with Gasteiger partial charge in [-0.05, 0) is 44.4 Å². The molecule has 1 aliphatic rings. The van der Waals surface area contributed by atoms with Crippen molar-refractivity contribution in [3.05, 3.63) is 12.8 Å². The van der Waals surface area contributed by atoms with Crippen LogP contribution in [-0.4, -0.2) is 5.88 Å². The van der Waals surface area contributed by atoms with Crippen molar-refractivity contribution in [3.63, 3.8) is 0 Å². The summed E-state index contributed by atoms with van der Waals surface area (Å²) in [7, 11) is 0. The maximum absolute atomic E-state index is 5.60. The maximum atomic E-state index is 5.60. The molecule has 0 nitrogen and oxygen atoms in total. The maximum Gasteiger partial charge on any atom is 0.0226 e. The molecule has 0 amide bonds. The van der Waals surface area contributed by atoms with Crippen LogP contribution in [0.2, 0.25) is 0 Å². The number of hydrogen-bond donors (Lipinski definition) is 0. The molecule has 1 atom stereocenters. The topological polar surface area (TPSA) is 0 Å². The van der Waals surface area contributed by atoms with Crippen LogP contribution in [0, 0.1) is 18.8 Å². The first-order valence-corrected chi connectivity index (χ1v) is 4.18. The van der Waals surface area contributed by atoms with E-state index in [-0.39, 0.29) is 0 Å². The van der Waals surface area contributed by atoms with E-state index in [1.165, 1.54) is 19.3 Å². The largest absolute Gasteiger partial charge is 0.127 e. The minimum absolute atomic E-state index is 0.788. The lowest BCUT2D eigenvalue weighted by molar-refractivity contribution is 0.504. The third-order valence-electron chi connectivity index (χ3n) is 1.82. The second-order valence-corrected chi connectivity index (χ2v) is 2.95. The predicted octanol–water partition coefficient (Wildman–Crippen LogP) is 2.82. The molecular formula is C8H13Cl. The minimum Gasteiger partial charge on any atom is -0.127 e. The third-order valence-corrected chi connectivity index (χ3v) is 2.04. The molecule has 0 aromatic rings. The Labute approximate surface area is 62.6 Å². The zero-order chi connectivity index (χ0) is 6.53. The van der Waals surface area contributed by atoms with E-state index in [0.717, 1.165) is 18.2 Å². The fourth-order valence-corrected chi connectivity index (χ4v) is 1.53. The SMILES string of the molecule is ClCCC1[CH]CC[CH]C1. The van der Waals surface area contributed by atoms with Crippen molar-refractivity contribution in [2.75, 3.05) is 5.88 Å². The lowest BCUT2D eigenvalue weighted by Crippen LogP contribution is -2.07. The molecule has 0 N–H and O–H groups in total. The van der Waals surface area contributed by atoms with E-state index >= 15 is 0 Å². The van der Waals surface area contributed by atoms with Gasteiger partial charge < -0.3 is 0 Å². The van der Waals surface area contributed by atoms with Crippen molar-refractivity contribution in [1.82, 2.24) is 0 Å². The summed E-state index contributed by atoms with van der Waals surface area (Å²) < 4.78 is 0. The average Bonchev–Trinajstić information content (AvgIpc) is 1.91. The van der Waals surface area contributed by atoms with Crippen LogP contribution in [0.4, 0.5) is 0 Å². The van der Waals surface area contributed by atoms with Gasteiger partial charge in [-0.2, -0.15) is 0 Å². The molecule has 0 aliphatic heterocycles. The van der Waals surface area contributed by atoms with E-state index in [9.17, 15) is 0 Å². The zero-order valence-corrected chi connectivity index (χ0v) is 6.40. The summed E-state index contributed by atoms with van der Waals surface area (Å²) in [6, 6.07) is 0. The van der Waals surface area contributed by atoms with Crippen LogP contribution < -0.4 is 0 Å². The van der Waals surface area contributed by atoms with E-state index < -0.39 is 0 Å². The Morgan fingerprint density at radius 3 is 2.89 bits per heavy atom. The molecule has 1 aliphatic carbocycles. The van der Waals surface area contributed by atoms with Crippen LogP contribution in [-0.2, 0) is 0 Å². The summed E-state index contributed by atoms with van der Waals surface area (Å²) in [5, 5.41) is 0. The Kier molecular flexibility index (Phi) is 3.42. The summed E-state index contributed by atoms with van der Waals surface area (Å²) in [6.45, 7) is 0. The molecule has 0 heterocycles. The van der Waals surface area contributed by atoms with Gasteiger partial charge in [0.2, 0.25) is 0 Å².